The van der Waals surface area contributed by atoms with Crippen LogP contribution in [0.25, 0.3) is 22.2 Å². The molecule has 2 heterocycles. The van der Waals surface area contributed by atoms with Crippen LogP contribution in [0.2, 0.25) is 5.28 Å². The molecule has 3 aromatic rings. The van der Waals surface area contributed by atoms with Crippen LogP contribution in [0.4, 0.5) is 5.69 Å². The molecule has 0 amide bonds. The minimum absolute atomic E-state index is 0.0195. The van der Waals surface area contributed by atoms with Gasteiger partial charge in [-0.3, -0.25) is 15.1 Å². The number of fused-ring (bicyclic) bond motifs is 1. The van der Waals surface area contributed by atoms with Crippen molar-refractivity contribution in [1.82, 2.24) is 15.0 Å². The minimum atomic E-state index is -0.490. The van der Waals surface area contributed by atoms with Gasteiger partial charge in [-0.15, -0.1) is 0 Å². The van der Waals surface area contributed by atoms with Gasteiger partial charge in [0.05, 0.1) is 10.4 Å². The molecule has 6 nitrogen and oxygen atoms in total. The summed E-state index contributed by atoms with van der Waals surface area (Å²) in [5, 5.41) is 12.1. The van der Waals surface area contributed by atoms with Crippen molar-refractivity contribution in [1.29, 1.82) is 0 Å². The van der Waals surface area contributed by atoms with Crippen LogP contribution < -0.4 is 0 Å². The molecule has 0 aliphatic carbocycles. The largest absolute Gasteiger partial charge is 0.316 e. The van der Waals surface area contributed by atoms with Gasteiger partial charge in [0.25, 0.3) is 0 Å². The number of halogens is 1. The number of hydrogen-bond acceptors (Lipinski definition) is 5. The van der Waals surface area contributed by atoms with E-state index in [4.69, 9.17) is 11.6 Å². The molecule has 0 unspecified atom stereocenters. The predicted octanol–water partition coefficient (Wildman–Crippen LogP) is 3.56. The highest BCUT2D eigenvalue weighted by atomic mass is 35.5. The van der Waals surface area contributed by atoms with Crippen LogP contribution in [0.5, 0.6) is 0 Å². The molecule has 0 radical (unpaired) electrons. The average Bonchev–Trinajstić information content (AvgIpc) is 2.45. The minimum Gasteiger partial charge on any atom is -0.258 e. The topological polar surface area (TPSA) is 81.8 Å². The second-order valence-electron chi connectivity index (χ2n) is 4.41. The highest BCUT2D eigenvalue weighted by Crippen LogP contribution is 2.34. The quantitative estimate of drug-likeness (QED) is 0.410. The number of hydrogen-bond donors (Lipinski definition) is 0. The van der Waals surface area contributed by atoms with Crippen molar-refractivity contribution in [2.75, 3.05) is 0 Å². The molecule has 0 atom stereocenters. The number of benzene rings is 1. The van der Waals surface area contributed by atoms with Crippen molar-refractivity contribution >= 4 is 28.2 Å². The summed E-state index contributed by atoms with van der Waals surface area (Å²) in [7, 11) is 0. The van der Waals surface area contributed by atoms with E-state index in [1.165, 1.54) is 0 Å². The molecule has 0 fully saturated rings. The molecular formula is C14H9ClN4O2. The summed E-state index contributed by atoms with van der Waals surface area (Å²) in [5.74, 6) is 0. The molecule has 21 heavy (non-hydrogen) atoms. The van der Waals surface area contributed by atoms with Gasteiger partial charge >= 0.3 is 5.69 Å². The van der Waals surface area contributed by atoms with E-state index in [1.54, 1.807) is 31.3 Å². The van der Waals surface area contributed by atoms with Gasteiger partial charge in [-0.05, 0) is 30.7 Å². The molecule has 7 heteroatoms. The van der Waals surface area contributed by atoms with E-state index in [0.717, 1.165) is 10.9 Å². The number of aromatic nitrogens is 3. The van der Waals surface area contributed by atoms with Crippen molar-refractivity contribution in [3.05, 3.63) is 57.6 Å². The zero-order valence-corrected chi connectivity index (χ0v) is 11.7. The third kappa shape index (κ3) is 2.30. The third-order valence-electron chi connectivity index (χ3n) is 3.11. The molecular weight excluding hydrogens is 292 g/mol. The normalized spacial score (nSPS) is 10.8. The maximum Gasteiger partial charge on any atom is 0.316 e. The Morgan fingerprint density at radius 2 is 2.00 bits per heavy atom. The third-order valence-corrected chi connectivity index (χ3v) is 3.28. The molecule has 0 aliphatic rings. The summed E-state index contributed by atoms with van der Waals surface area (Å²) in [6.45, 7) is 1.54. The molecule has 1 aromatic carbocycles. The number of nitro groups is 1. The maximum absolute atomic E-state index is 11.3. The molecule has 0 saturated heterocycles. The number of nitrogens with zero attached hydrogens (tertiary/aromatic N) is 4. The Morgan fingerprint density at radius 3 is 2.76 bits per heavy atom. The van der Waals surface area contributed by atoms with E-state index in [0.29, 0.717) is 5.56 Å². The maximum atomic E-state index is 11.3. The lowest BCUT2D eigenvalue weighted by molar-refractivity contribution is -0.385. The van der Waals surface area contributed by atoms with E-state index < -0.39 is 4.92 Å². The second kappa shape index (κ2) is 5.06. The van der Waals surface area contributed by atoms with E-state index in [1.807, 2.05) is 12.1 Å². The van der Waals surface area contributed by atoms with Gasteiger partial charge in [0.2, 0.25) is 5.28 Å². The lowest BCUT2D eigenvalue weighted by atomic mass is 10.0. The average molecular weight is 301 g/mol. The zero-order chi connectivity index (χ0) is 15.0. The summed E-state index contributed by atoms with van der Waals surface area (Å²) in [4.78, 5) is 23.0. The molecule has 0 saturated carbocycles. The highest BCUT2D eigenvalue weighted by molar-refractivity contribution is 6.28. The fourth-order valence-electron chi connectivity index (χ4n) is 2.25. The lowest BCUT2D eigenvalue weighted by Crippen LogP contribution is -2.01. The molecule has 2 aromatic heterocycles. The summed E-state index contributed by atoms with van der Waals surface area (Å²) < 4.78 is 0. The Balaban J connectivity index is 2.41. The summed E-state index contributed by atoms with van der Waals surface area (Å²) >= 11 is 5.87. The van der Waals surface area contributed by atoms with Crippen LogP contribution in [0.15, 0.2) is 36.5 Å². The van der Waals surface area contributed by atoms with E-state index in [9.17, 15) is 10.1 Å². The van der Waals surface area contributed by atoms with Crippen molar-refractivity contribution in [2.45, 2.75) is 6.92 Å². The van der Waals surface area contributed by atoms with Crippen LogP contribution in [0.3, 0.4) is 0 Å². The summed E-state index contributed by atoms with van der Waals surface area (Å²) in [6.07, 6.45) is 1.67. The van der Waals surface area contributed by atoms with E-state index in [2.05, 4.69) is 15.0 Å². The van der Waals surface area contributed by atoms with Crippen molar-refractivity contribution in [2.24, 2.45) is 0 Å². The van der Waals surface area contributed by atoms with Gasteiger partial charge in [0.1, 0.15) is 5.69 Å². The van der Waals surface area contributed by atoms with Crippen LogP contribution in [-0.4, -0.2) is 19.9 Å². The first-order valence-corrected chi connectivity index (χ1v) is 6.48. The van der Waals surface area contributed by atoms with Gasteiger partial charge in [0.15, 0.2) is 5.69 Å². The van der Waals surface area contributed by atoms with E-state index >= 15 is 0 Å². The molecule has 0 bridgehead atoms. The SMILES string of the molecule is Cc1nc(Cl)nc(-c2cccc3ncccc23)c1[N+](=O)[O-]. The van der Waals surface area contributed by atoms with E-state index in [-0.39, 0.29) is 22.4 Å². The van der Waals surface area contributed by atoms with Gasteiger partial charge in [-0.2, -0.15) is 0 Å². The van der Waals surface area contributed by atoms with Gasteiger partial charge in [-0.1, -0.05) is 18.2 Å². The Kier molecular flexibility index (Phi) is 3.23. The first-order valence-electron chi connectivity index (χ1n) is 6.10. The van der Waals surface area contributed by atoms with Crippen LogP contribution in [0.1, 0.15) is 5.69 Å². The first kappa shape index (κ1) is 13.4. The van der Waals surface area contributed by atoms with Crippen LogP contribution in [-0.2, 0) is 0 Å². The van der Waals surface area contributed by atoms with Crippen LogP contribution in [0, 0.1) is 17.0 Å². The Morgan fingerprint density at radius 1 is 1.19 bits per heavy atom. The predicted molar refractivity (Wildman–Crippen MR) is 79.2 cm³/mol. The summed E-state index contributed by atoms with van der Waals surface area (Å²) in [6, 6.07) is 8.98. The Hall–Kier alpha value is -2.60. The highest BCUT2D eigenvalue weighted by Gasteiger charge is 2.24. The molecule has 0 aliphatic heterocycles. The molecule has 3 rings (SSSR count). The molecule has 0 spiro atoms. The number of rotatable bonds is 2. The number of aryl methyl sites for hydroxylation is 1. The van der Waals surface area contributed by atoms with Crippen LogP contribution >= 0.6 is 11.6 Å². The number of pyridine rings is 1. The Labute approximate surface area is 124 Å². The van der Waals surface area contributed by atoms with Gasteiger partial charge in [-0.25, -0.2) is 9.97 Å². The molecule has 0 N–H and O–H groups in total. The van der Waals surface area contributed by atoms with Crippen molar-refractivity contribution in [3.8, 4) is 11.3 Å². The first-order chi connectivity index (χ1) is 10.1. The fraction of sp³-hybridized carbons (Fsp3) is 0.0714. The lowest BCUT2D eigenvalue weighted by Gasteiger charge is -2.07. The summed E-state index contributed by atoms with van der Waals surface area (Å²) in [5.41, 5.74) is 1.64. The van der Waals surface area contributed by atoms with Crippen molar-refractivity contribution in [3.63, 3.8) is 0 Å². The second-order valence-corrected chi connectivity index (χ2v) is 4.75. The fourth-order valence-corrected chi connectivity index (χ4v) is 2.46. The molecule has 104 valence electrons. The smallest absolute Gasteiger partial charge is 0.258 e. The zero-order valence-electron chi connectivity index (χ0n) is 10.9. The monoisotopic (exact) mass is 300 g/mol. The van der Waals surface area contributed by atoms with Crippen molar-refractivity contribution < 1.29 is 4.92 Å². The van der Waals surface area contributed by atoms with Gasteiger partial charge in [0, 0.05) is 17.1 Å². The Bertz CT molecular complexity index is 861. The van der Waals surface area contributed by atoms with Gasteiger partial charge < -0.3 is 0 Å². The standard InChI is InChI=1S/C14H9ClN4O2/c1-8-13(19(20)21)12(18-14(15)17-8)10-4-2-6-11-9(10)5-3-7-16-11/h2-7H,1H3.